The largest absolute Gasteiger partial charge is 0.488 e. The summed E-state index contributed by atoms with van der Waals surface area (Å²) in [5.41, 5.74) is 6.35. The Hall–Kier alpha value is -2.95. The lowest BCUT2D eigenvalue weighted by atomic mass is 9.91. The molecule has 3 aliphatic heterocycles. The summed E-state index contributed by atoms with van der Waals surface area (Å²) in [6, 6.07) is 13.0. The first-order valence-electron chi connectivity index (χ1n) is 14.4. The van der Waals surface area contributed by atoms with Crippen molar-refractivity contribution >= 4 is 32.3 Å². The molecule has 6 rings (SSSR count). The van der Waals surface area contributed by atoms with Crippen LogP contribution < -0.4 is 9.64 Å². The van der Waals surface area contributed by atoms with Crippen molar-refractivity contribution in [1.29, 1.82) is 0 Å². The molecule has 2 unspecified atom stereocenters. The topological polar surface area (TPSA) is 100 Å². The Kier molecular flexibility index (Phi) is 7.82. The number of anilines is 1. The van der Waals surface area contributed by atoms with Crippen molar-refractivity contribution in [3.8, 4) is 17.0 Å². The van der Waals surface area contributed by atoms with Gasteiger partial charge in [0, 0.05) is 42.7 Å². The first kappa shape index (κ1) is 28.2. The lowest BCUT2D eigenvalue weighted by molar-refractivity contribution is -0.142. The highest BCUT2D eigenvalue weighted by molar-refractivity contribution is 7.91. The lowest BCUT2D eigenvalue weighted by Crippen LogP contribution is -2.44. The number of carbonyl (C=O) groups is 1. The SMILES string of the molecule is Cc1cc(CN2CCS(=O)(=O)CC2)ccc1COc1c(C)cccc1-c1csc(N2C3CCC2CC(C(=O)O)C3)n1. The van der Waals surface area contributed by atoms with Gasteiger partial charge in [0.1, 0.15) is 12.4 Å². The normalized spacial score (nSPS) is 24.0. The maximum absolute atomic E-state index is 11.7. The number of hydrogen-bond acceptors (Lipinski definition) is 8. The minimum atomic E-state index is -2.88. The summed E-state index contributed by atoms with van der Waals surface area (Å²) in [7, 11) is -2.88. The molecule has 3 fully saturated rings. The standard InChI is InChI=1S/C31H37N3O5S2/c1-20-4-3-5-27(28-19-40-31(32-28)34-25-8-9-26(34)16-24(15-25)30(35)36)29(20)39-18-23-7-6-22(14-21(23)2)17-33-10-12-41(37,38)13-11-33/h3-7,14,19,24-26H,8-13,15-18H2,1-2H3,(H,35,36). The van der Waals surface area contributed by atoms with E-state index in [0.717, 1.165) is 58.2 Å². The number of hydrogen-bond donors (Lipinski definition) is 1. The Bertz CT molecular complexity index is 1520. The zero-order valence-electron chi connectivity index (χ0n) is 23.6. The molecule has 2 aromatic carbocycles. The average Bonchev–Trinajstić information content (AvgIpc) is 3.51. The Morgan fingerprint density at radius 1 is 1.07 bits per heavy atom. The van der Waals surface area contributed by atoms with E-state index in [1.807, 2.05) is 6.07 Å². The maximum atomic E-state index is 11.7. The van der Waals surface area contributed by atoms with Gasteiger partial charge >= 0.3 is 5.97 Å². The number of aryl methyl sites for hydroxylation is 2. The van der Waals surface area contributed by atoms with Crippen molar-refractivity contribution < 1.29 is 23.1 Å². The molecule has 0 radical (unpaired) electrons. The lowest BCUT2D eigenvalue weighted by Gasteiger charge is -2.37. The minimum Gasteiger partial charge on any atom is -0.488 e. The van der Waals surface area contributed by atoms with Crippen LogP contribution in [-0.4, -0.2) is 66.1 Å². The molecule has 2 bridgehead atoms. The van der Waals surface area contributed by atoms with E-state index in [4.69, 9.17) is 9.72 Å². The van der Waals surface area contributed by atoms with Crippen LogP contribution in [0.4, 0.5) is 5.13 Å². The molecule has 10 heteroatoms. The van der Waals surface area contributed by atoms with Crippen LogP contribution in [0.1, 0.15) is 47.9 Å². The fourth-order valence-corrected chi connectivity index (χ4v) is 8.82. The highest BCUT2D eigenvalue weighted by Crippen LogP contribution is 2.44. The quantitative estimate of drug-likeness (QED) is 0.386. The molecule has 0 saturated carbocycles. The maximum Gasteiger partial charge on any atom is 0.306 e. The molecule has 3 saturated heterocycles. The average molecular weight is 596 g/mol. The van der Waals surface area contributed by atoms with E-state index in [0.29, 0.717) is 32.5 Å². The number of ether oxygens (including phenoxy) is 1. The molecule has 0 spiro atoms. The van der Waals surface area contributed by atoms with Gasteiger partial charge < -0.3 is 14.7 Å². The molecule has 218 valence electrons. The van der Waals surface area contributed by atoms with Crippen LogP contribution in [0.2, 0.25) is 0 Å². The molecule has 3 aliphatic rings. The van der Waals surface area contributed by atoms with Crippen molar-refractivity contribution in [2.45, 2.75) is 64.8 Å². The van der Waals surface area contributed by atoms with Gasteiger partial charge in [0.05, 0.1) is 23.1 Å². The van der Waals surface area contributed by atoms with Gasteiger partial charge in [-0.3, -0.25) is 9.69 Å². The van der Waals surface area contributed by atoms with Gasteiger partial charge in [-0.1, -0.05) is 30.3 Å². The van der Waals surface area contributed by atoms with Crippen molar-refractivity contribution in [2.24, 2.45) is 5.92 Å². The third kappa shape index (κ3) is 6.01. The van der Waals surface area contributed by atoms with Crippen molar-refractivity contribution in [3.05, 3.63) is 64.0 Å². The molecule has 8 nitrogen and oxygen atoms in total. The monoisotopic (exact) mass is 595 g/mol. The van der Waals surface area contributed by atoms with Gasteiger partial charge in [-0.15, -0.1) is 11.3 Å². The molecule has 2 atom stereocenters. The minimum absolute atomic E-state index is 0.238. The number of aromatic nitrogens is 1. The summed E-state index contributed by atoms with van der Waals surface area (Å²) in [4.78, 5) is 21.2. The number of piperidine rings is 1. The summed E-state index contributed by atoms with van der Waals surface area (Å²) in [5, 5.41) is 12.6. The van der Waals surface area contributed by atoms with Crippen LogP contribution in [-0.2, 0) is 27.8 Å². The number of sulfone groups is 1. The second kappa shape index (κ2) is 11.4. The Morgan fingerprint density at radius 2 is 1.80 bits per heavy atom. The van der Waals surface area contributed by atoms with Gasteiger partial charge in [0.2, 0.25) is 0 Å². The molecule has 1 aromatic heterocycles. The number of aliphatic carboxylic acids is 1. The number of benzene rings is 2. The predicted octanol–water partition coefficient (Wildman–Crippen LogP) is 5.07. The third-order valence-electron chi connectivity index (χ3n) is 8.91. The number of para-hydroxylation sites is 1. The Morgan fingerprint density at radius 3 is 2.49 bits per heavy atom. The van der Waals surface area contributed by atoms with E-state index in [9.17, 15) is 18.3 Å². The fraction of sp³-hybridized carbons (Fsp3) is 0.484. The van der Waals surface area contributed by atoms with Gasteiger partial charge in [0.25, 0.3) is 0 Å². The number of carboxylic acids is 1. The number of rotatable bonds is 8. The second-order valence-electron chi connectivity index (χ2n) is 11.7. The zero-order chi connectivity index (χ0) is 28.7. The van der Waals surface area contributed by atoms with Crippen LogP contribution in [0.15, 0.2) is 41.8 Å². The summed E-state index contributed by atoms with van der Waals surface area (Å²) < 4.78 is 29.9. The fourth-order valence-electron chi connectivity index (χ4n) is 6.58. The first-order chi connectivity index (χ1) is 19.7. The van der Waals surface area contributed by atoms with Crippen molar-refractivity contribution in [1.82, 2.24) is 9.88 Å². The summed E-state index contributed by atoms with van der Waals surface area (Å²) >= 11 is 1.63. The highest BCUT2D eigenvalue weighted by atomic mass is 32.2. The number of nitrogens with zero attached hydrogens (tertiary/aromatic N) is 3. The third-order valence-corrected chi connectivity index (χ3v) is 11.4. The van der Waals surface area contributed by atoms with Crippen LogP contribution in [0.25, 0.3) is 11.3 Å². The van der Waals surface area contributed by atoms with Crippen LogP contribution in [0, 0.1) is 19.8 Å². The summed E-state index contributed by atoms with van der Waals surface area (Å²) in [6.45, 7) is 6.51. The summed E-state index contributed by atoms with van der Waals surface area (Å²) in [5.74, 6) is 0.381. The molecule has 1 N–H and O–H groups in total. The molecule has 3 aromatic rings. The molecular weight excluding hydrogens is 558 g/mol. The van der Waals surface area contributed by atoms with E-state index in [-0.39, 0.29) is 29.5 Å². The molecular formula is C31H37N3O5S2. The highest BCUT2D eigenvalue weighted by Gasteiger charge is 2.44. The van der Waals surface area contributed by atoms with Crippen molar-refractivity contribution in [3.63, 3.8) is 0 Å². The summed E-state index contributed by atoms with van der Waals surface area (Å²) in [6.07, 6.45) is 3.44. The molecule has 0 aliphatic carbocycles. The number of carboxylic acid groups (broad SMARTS) is 1. The van der Waals surface area contributed by atoms with E-state index >= 15 is 0 Å². The molecule has 0 amide bonds. The number of thiazole rings is 1. The van der Waals surface area contributed by atoms with E-state index < -0.39 is 15.8 Å². The van der Waals surface area contributed by atoms with Gasteiger partial charge in [-0.05, 0) is 67.9 Å². The van der Waals surface area contributed by atoms with Gasteiger partial charge in [-0.2, -0.15) is 0 Å². The molecule has 41 heavy (non-hydrogen) atoms. The van der Waals surface area contributed by atoms with Gasteiger partial charge in [0.15, 0.2) is 15.0 Å². The van der Waals surface area contributed by atoms with Crippen LogP contribution >= 0.6 is 11.3 Å². The predicted molar refractivity (Wildman–Crippen MR) is 161 cm³/mol. The van der Waals surface area contributed by atoms with Crippen LogP contribution in [0.3, 0.4) is 0 Å². The van der Waals surface area contributed by atoms with E-state index in [2.05, 4.69) is 59.4 Å². The number of fused-ring (bicyclic) bond motifs is 2. The first-order valence-corrected chi connectivity index (χ1v) is 17.1. The Labute approximate surface area is 245 Å². The Balaban J connectivity index is 1.15. The smallest absolute Gasteiger partial charge is 0.306 e. The zero-order valence-corrected chi connectivity index (χ0v) is 25.2. The molecule has 4 heterocycles. The van der Waals surface area contributed by atoms with E-state index in [1.165, 1.54) is 5.56 Å². The van der Waals surface area contributed by atoms with Gasteiger partial charge in [-0.25, -0.2) is 13.4 Å². The second-order valence-corrected chi connectivity index (χ2v) is 14.9. The van der Waals surface area contributed by atoms with Crippen LogP contribution in [0.5, 0.6) is 5.75 Å². The van der Waals surface area contributed by atoms with E-state index in [1.54, 1.807) is 11.3 Å². The van der Waals surface area contributed by atoms with Crippen molar-refractivity contribution in [2.75, 3.05) is 29.5 Å².